The fourth-order valence-electron chi connectivity index (χ4n) is 3.04. The number of aromatic nitrogens is 5. The summed E-state index contributed by atoms with van der Waals surface area (Å²) < 4.78 is 1.62. The fourth-order valence-corrected chi connectivity index (χ4v) is 3.04. The summed E-state index contributed by atoms with van der Waals surface area (Å²) in [5.74, 6) is 0.702. The van der Waals surface area contributed by atoms with Crippen molar-refractivity contribution in [2.75, 3.05) is 5.32 Å². The Labute approximate surface area is 128 Å². The lowest BCUT2D eigenvalue weighted by atomic mass is 9.96. The Bertz CT molecular complexity index is 775. The van der Waals surface area contributed by atoms with Crippen molar-refractivity contribution >= 4 is 11.5 Å². The van der Waals surface area contributed by atoms with Gasteiger partial charge in [0.2, 0.25) is 5.95 Å². The molecular weight excluding hydrogens is 276 g/mol. The van der Waals surface area contributed by atoms with Crippen molar-refractivity contribution in [3.8, 4) is 11.3 Å². The van der Waals surface area contributed by atoms with Crippen molar-refractivity contribution < 1.29 is 0 Å². The van der Waals surface area contributed by atoms with Crippen molar-refractivity contribution in [3.63, 3.8) is 0 Å². The SMILES string of the molecule is c1cnn2ncc(-c3ccnc(NC4CCCCC4)n3)c2c1. The average molecular weight is 294 g/mol. The molecule has 0 aromatic carbocycles. The van der Waals surface area contributed by atoms with Crippen LogP contribution in [0.2, 0.25) is 0 Å². The van der Waals surface area contributed by atoms with Crippen molar-refractivity contribution in [1.82, 2.24) is 24.8 Å². The van der Waals surface area contributed by atoms with Gasteiger partial charge in [0.15, 0.2) is 0 Å². The molecule has 0 amide bonds. The lowest BCUT2D eigenvalue weighted by Gasteiger charge is -2.22. The summed E-state index contributed by atoms with van der Waals surface area (Å²) in [7, 11) is 0. The molecule has 0 saturated heterocycles. The molecule has 3 aromatic rings. The number of nitrogens with zero attached hydrogens (tertiary/aromatic N) is 5. The molecule has 6 heteroatoms. The minimum absolute atomic E-state index is 0.495. The van der Waals surface area contributed by atoms with Gasteiger partial charge in [-0.25, -0.2) is 9.97 Å². The number of nitrogens with one attached hydrogen (secondary N) is 1. The van der Waals surface area contributed by atoms with E-state index in [1.165, 1.54) is 32.1 Å². The first-order valence-electron chi connectivity index (χ1n) is 7.79. The molecule has 112 valence electrons. The lowest BCUT2D eigenvalue weighted by Crippen LogP contribution is -2.23. The van der Waals surface area contributed by atoms with Crippen molar-refractivity contribution in [2.45, 2.75) is 38.1 Å². The molecule has 4 rings (SSSR count). The van der Waals surface area contributed by atoms with E-state index in [0.717, 1.165) is 16.8 Å². The zero-order chi connectivity index (χ0) is 14.8. The lowest BCUT2D eigenvalue weighted by molar-refractivity contribution is 0.461. The van der Waals surface area contributed by atoms with Gasteiger partial charge in [-0.3, -0.25) is 0 Å². The molecule has 0 aliphatic heterocycles. The molecule has 1 aliphatic carbocycles. The van der Waals surface area contributed by atoms with E-state index in [9.17, 15) is 0 Å². The molecule has 6 nitrogen and oxygen atoms in total. The topological polar surface area (TPSA) is 68.0 Å². The Hall–Kier alpha value is -2.50. The highest BCUT2D eigenvalue weighted by atomic mass is 15.4. The zero-order valence-corrected chi connectivity index (χ0v) is 12.3. The molecule has 1 N–H and O–H groups in total. The average Bonchev–Trinajstić information content (AvgIpc) is 3.00. The Balaban J connectivity index is 1.63. The van der Waals surface area contributed by atoms with Crippen LogP contribution in [0.4, 0.5) is 5.95 Å². The van der Waals surface area contributed by atoms with E-state index >= 15 is 0 Å². The zero-order valence-electron chi connectivity index (χ0n) is 12.3. The van der Waals surface area contributed by atoms with Gasteiger partial charge in [-0.1, -0.05) is 19.3 Å². The van der Waals surface area contributed by atoms with Gasteiger partial charge >= 0.3 is 0 Å². The standard InChI is InChI=1S/C16H18N6/c1-2-5-12(6-3-1)20-16-17-10-8-14(21-16)13-11-19-22-15(13)7-4-9-18-22/h4,7-12H,1-3,5-6H2,(H,17,20,21). The quantitative estimate of drug-likeness (QED) is 0.804. The highest BCUT2D eigenvalue weighted by Crippen LogP contribution is 2.24. The third-order valence-corrected chi connectivity index (χ3v) is 4.17. The number of anilines is 1. The van der Waals surface area contributed by atoms with Gasteiger partial charge < -0.3 is 5.32 Å². The molecule has 3 aromatic heterocycles. The van der Waals surface area contributed by atoms with Crippen LogP contribution in [0.25, 0.3) is 16.8 Å². The number of fused-ring (bicyclic) bond motifs is 1. The first-order chi connectivity index (χ1) is 10.9. The maximum Gasteiger partial charge on any atom is 0.223 e. The van der Waals surface area contributed by atoms with Crippen LogP contribution in [0, 0.1) is 0 Å². The van der Waals surface area contributed by atoms with E-state index in [2.05, 4.69) is 25.5 Å². The highest BCUT2D eigenvalue weighted by Gasteiger charge is 2.15. The minimum atomic E-state index is 0.495. The molecular formula is C16H18N6. The summed E-state index contributed by atoms with van der Waals surface area (Å²) in [5.41, 5.74) is 2.79. The third-order valence-electron chi connectivity index (χ3n) is 4.17. The summed E-state index contributed by atoms with van der Waals surface area (Å²) in [5, 5.41) is 11.9. The Morgan fingerprint density at radius 3 is 2.86 bits per heavy atom. The van der Waals surface area contributed by atoms with E-state index in [1.807, 2.05) is 18.2 Å². The normalized spacial score (nSPS) is 16.0. The molecule has 1 aliphatic rings. The van der Waals surface area contributed by atoms with Crippen molar-refractivity contribution in [1.29, 1.82) is 0 Å². The Morgan fingerprint density at radius 1 is 1.05 bits per heavy atom. The molecule has 0 radical (unpaired) electrons. The second-order valence-electron chi connectivity index (χ2n) is 5.70. The summed E-state index contributed by atoms with van der Waals surface area (Å²) >= 11 is 0. The predicted molar refractivity (Wildman–Crippen MR) is 84.5 cm³/mol. The smallest absolute Gasteiger partial charge is 0.223 e. The van der Waals surface area contributed by atoms with Gasteiger partial charge in [0.25, 0.3) is 0 Å². The van der Waals surface area contributed by atoms with Gasteiger partial charge in [-0.15, -0.1) is 0 Å². The number of hydrogen-bond donors (Lipinski definition) is 1. The molecule has 22 heavy (non-hydrogen) atoms. The van der Waals surface area contributed by atoms with Crippen LogP contribution in [0.1, 0.15) is 32.1 Å². The van der Waals surface area contributed by atoms with Crippen LogP contribution in [0.3, 0.4) is 0 Å². The summed E-state index contributed by atoms with van der Waals surface area (Å²) in [4.78, 5) is 9.01. The largest absolute Gasteiger partial charge is 0.351 e. The van der Waals surface area contributed by atoms with Crippen LogP contribution in [0.15, 0.2) is 36.8 Å². The number of rotatable bonds is 3. The van der Waals surface area contributed by atoms with Gasteiger partial charge in [0.05, 0.1) is 17.4 Å². The van der Waals surface area contributed by atoms with E-state index in [0.29, 0.717) is 12.0 Å². The molecule has 0 bridgehead atoms. The van der Waals surface area contributed by atoms with Gasteiger partial charge in [-0.05, 0) is 31.0 Å². The molecule has 0 atom stereocenters. The maximum absolute atomic E-state index is 4.66. The Kier molecular flexibility index (Phi) is 3.42. The second kappa shape index (κ2) is 5.71. The van der Waals surface area contributed by atoms with Crippen LogP contribution < -0.4 is 5.32 Å². The first-order valence-corrected chi connectivity index (χ1v) is 7.79. The predicted octanol–water partition coefficient (Wildman–Crippen LogP) is 2.93. The summed E-state index contributed by atoms with van der Waals surface area (Å²) in [6.45, 7) is 0. The molecule has 1 saturated carbocycles. The minimum Gasteiger partial charge on any atom is -0.351 e. The second-order valence-corrected chi connectivity index (χ2v) is 5.70. The van der Waals surface area contributed by atoms with Gasteiger partial charge in [0.1, 0.15) is 0 Å². The summed E-state index contributed by atoms with van der Waals surface area (Å²) in [6, 6.07) is 6.31. The van der Waals surface area contributed by atoms with Crippen molar-refractivity contribution in [2.24, 2.45) is 0 Å². The molecule has 3 heterocycles. The van der Waals surface area contributed by atoms with Gasteiger partial charge in [0, 0.05) is 24.0 Å². The van der Waals surface area contributed by atoms with Crippen molar-refractivity contribution in [3.05, 3.63) is 36.8 Å². The van der Waals surface area contributed by atoms with E-state index in [4.69, 9.17) is 0 Å². The van der Waals surface area contributed by atoms with Crippen LogP contribution in [0.5, 0.6) is 0 Å². The van der Waals surface area contributed by atoms with E-state index in [1.54, 1.807) is 23.2 Å². The first kappa shape index (κ1) is 13.2. The van der Waals surface area contributed by atoms with Crippen LogP contribution in [-0.4, -0.2) is 30.8 Å². The maximum atomic E-state index is 4.66. The fraction of sp³-hybridized carbons (Fsp3) is 0.375. The van der Waals surface area contributed by atoms with E-state index in [-0.39, 0.29) is 0 Å². The molecule has 0 unspecified atom stereocenters. The highest BCUT2D eigenvalue weighted by molar-refractivity contribution is 5.77. The van der Waals surface area contributed by atoms with Crippen LogP contribution in [-0.2, 0) is 0 Å². The summed E-state index contributed by atoms with van der Waals surface area (Å²) in [6.07, 6.45) is 11.6. The monoisotopic (exact) mass is 294 g/mol. The number of hydrogen-bond acceptors (Lipinski definition) is 5. The third kappa shape index (κ3) is 2.52. The Morgan fingerprint density at radius 2 is 1.95 bits per heavy atom. The molecule has 0 spiro atoms. The van der Waals surface area contributed by atoms with Crippen LogP contribution >= 0.6 is 0 Å². The van der Waals surface area contributed by atoms with E-state index < -0.39 is 0 Å². The van der Waals surface area contributed by atoms with Gasteiger partial charge in [-0.2, -0.15) is 14.8 Å². The molecule has 1 fully saturated rings.